The molecule has 0 aromatic heterocycles. The van der Waals surface area contributed by atoms with E-state index in [1.165, 1.54) is 24.6 Å². The maximum Gasteiger partial charge on any atom is 0.246 e. The fourth-order valence-corrected chi connectivity index (χ4v) is 5.90. The number of ketones is 1. The Hall–Kier alpha value is -2.58. The number of rotatable bonds is 4. The van der Waals surface area contributed by atoms with E-state index in [9.17, 15) is 13.2 Å². The van der Waals surface area contributed by atoms with Gasteiger partial charge >= 0.3 is 0 Å². The van der Waals surface area contributed by atoms with Crippen molar-refractivity contribution < 1.29 is 27.4 Å². The zero-order valence-electron chi connectivity index (χ0n) is 18.2. The number of piperidine rings is 1. The van der Waals surface area contributed by atoms with Gasteiger partial charge in [0.2, 0.25) is 10.0 Å². The molecule has 2 heterocycles. The van der Waals surface area contributed by atoms with Gasteiger partial charge in [-0.05, 0) is 49.2 Å². The fourth-order valence-electron chi connectivity index (χ4n) is 4.29. The van der Waals surface area contributed by atoms with Crippen LogP contribution < -0.4 is 14.2 Å². The summed E-state index contributed by atoms with van der Waals surface area (Å²) < 4.78 is 44.9. The van der Waals surface area contributed by atoms with Crippen molar-refractivity contribution >= 4 is 15.8 Å². The number of carbonyl (C=O) groups excluding carboxylic acids is 1. The van der Waals surface area contributed by atoms with Gasteiger partial charge in [0, 0.05) is 32.0 Å². The van der Waals surface area contributed by atoms with Crippen LogP contribution in [-0.2, 0) is 10.0 Å². The predicted molar refractivity (Wildman–Crippen MR) is 116 cm³/mol. The van der Waals surface area contributed by atoms with Crippen molar-refractivity contribution in [3.8, 4) is 17.2 Å². The van der Waals surface area contributed by atoms with Crippen LogP contribution in [0.1, 0.15) is 40.7 Å². The normalized spacial score (nSPS) is 18.4. The molecule has 0 radical (unpaired) electrons. The summed E-state index contributed by atoms with van der Waals surface area (Å²) in [7, 11) is -0.865. The minimum absolute atomic E-state index is 0.0510. The van der Waals surface area contributed by atoms with Gasteiger partial charge in [0.1, 0.15) is 27.7 Å². The third-order valence-corrected chi connectivity index (χ3v) is 8.25. The quantitative estimate of drug-likeness (QED) is 0.716. The van der Waals surface area contributed by atoms with Gasteiger partial charge in [-0.15, -0.1) is 0 Å². The van der Waals surface area contributed by atoms with E-state index < -0.39 is 15.6 Å². The lowest BCUT2D eigenvalue weighted by Crippen LogP contribution is -2.52. The van der Waals surface area contributed by atoms with Crippen molar-refractivity contribution in [1.82, 2.24) is 4.31 Å². The first-order valence-electron chi connectivity index (χ1n) is 10.2. The van der Waals surface area contributed by atoms with E-state index in [0.29, 0.717) is 29.9 Å². The summed E-state index contributed by atoms with van der Waals surface area (Å²) in [6.45, 7) is 4.48. The molecule has 2 aromatic rings. The monoisotopic (exact) mass is 445 g/mol. The maximum atomic E-state index is 13.3. The lowest BCUT2D eigenvalue weighted by atomic mass is 9.82. The number of sulfonamides is 1. The largest absolute Gasteiger partial charge is 0.497 e. The molecule has 4 rings (SSSR count). The van der Waals surface area contributed by atoms with Crippen LogP contribution >= 0.6 is 0 Å². The summed E-state index contributed by atoms with van der Waals surface area (Å²) >= 11 is 0. The first-order valence-corrected chi connectivity index (χ1v) is 11.7. The minimum Gasteiger partial charge on any atom is -0.497 e. The van der Waals surface area contributed by atoms with Crippen LogP contribution in [0.5, 0.6) is 17.2 Å². The van der Waals surface area contributed by atoms with Crippen molar-refractivity contribution in [2.45, 2.75) is 43.6 Å². The summed E-state index contributed by atoms with van der Waals surface area (Å²) in [5, 5.41) is 0. The Bertz CT molecular complexity index is 1130. The molecule has 7 nitrogen and oxygen atoms in total. The number of carbonyl (C=O) groups is 1. The lowest BCUT2D eigenvalue weighted by molar-refractivity contribution is 0.00584. The summed E-state index contributed by atoms with van der Waals surface area (Å²) in [5.41, 5.74) is 2.06. The third-order valence-electron chi connectivity index (χ3n) is 6.33. The van der Waals surface area contributed by atoms with Gasteiger partial charge in [0.15, 0.2) is 5.78 Å². The highest BCUT2D eigenvalue weighted by molar-refractivity contribution is 7.89. The molecular weight excluding hydrogens is 418 g/mol. The second-order valence-corrected chi connectivity index (χ2v) is 10.1. The number of methoxy groups -OCH3 is 2. The molecule has 2 aliphatic heterocycles. The topological polar surface area (TPSA) is 82.1 Å². The van der Waals surface area contributed by atoms with Crippen LogP contribution in [0.15, 0.2) is 35.2 Å². The Morgan fingerprint density at radius 2 is 1.68 bits per heavy atom. The highest BCUT2D eigenvalue weighted by Gasteiger charge is 2.45. The number of ether oxygens (including phenoxy) is 3. The highest BCUT2D eigenvalue weighted by atomic mass is 32.2. The highest BCUT2D eigenvalue weighted by Crippen LogP contribution is 2.42. The van der Waals surface area contributed by atoms with Gasteiger partial charge in [0.25, 0.3) is 0 Å². The number of aryl methyl sites for hydroxylation is 2. The summed E-state index contributed by atoms with van der Waals surface area (Å²) in [5.74, 6) is 1.36. The van der Waals surface area contributed by atoms with E-state index >= 15 is 0 Å². The summed E-state index contributed by atoms with van der Waals surface area (Å²) in [4.78, 5) is 12.9. The third kappa shape index (κ3) is 3.78. The smallest absolute Gasteiger partial charge is 0.246 e. The molecule has 0 N–H and O–H groups in total. The molecule has 0 amide bonds. The number of Topliss-reactive ketones (excluding diaryl/α,β-unsaturated/α-hetero) is 1. The molecule has 1 saturated heterocycles. The van der Waals surface area contributed by atoms with Gasteiger partial charge in [0.05, 0.1) is 26.2 Å². The number of fused-ring (bicyclic) bond motifs is 1. The minimum atomic E-state index is -3.79. The average Bonchev–Trinajstić information content (AvgIpc) is 2.75. The Kier molecular flexibility index (Phi) is 5.47. The number of hydrogen-bond donors (Lipinski definition) is 0. The Morgan fingerprint density at radius 1 is 1.00 bits per heavy atom. The second kappa shape index (κ2) is 7.84. The van der Waals surface area contributed by atoms with Crippen molar-refractivity contribution in [2.75, 3.05) is 27.3 Å². The summed E-state index contributed by atoms with van der Waals surface area (Å²) in [6.07, 6.45) is 1.14. The Balaban J connectivity index is 1.57. The number of benzene rings is 2. The van der Waals surface area contributed by atoms with Crippen molar-refractivity contribution in [1.29, 1.82) is 0 Å². The van der Waals surface area contributed by atoms with Crippen molar-refractivity contribution in [2.24, 2.45) is 0 Å². The van der Waals surface area contributed by atoms with Crippen LogP contribution in [0.2, 0.25) is 0 Å². The number of nitrogens with zero attached hydrogens (tertiary/aromatic N) is 1. The molecule has 8 heteroatoms. The van der Waals surface area contributed by atoms with Crippen LogP contribution in [0.3, 0.4) is 0 Å². The molecule has 0 aliphatic carbocycles. The molecule has 2 aromatic carbocycles. The van der Waals surface area contributed by atoms with E-state index in [4.69, 9.17) is 14.2 Å². The SMILES string of the molecule is COc1ccc(OC)c(S(=O)(=O)N2CCC3(CC2)CC(=O)c2cc(C)c(C)cc2O3)c1. The molecule has 0 unspecified atom stereocenters. The molecule has 2 aliphatic rings. The molecular formula is C23H27NO6S. The fraction of sp³-hybridized carbons (Fsp3) is 0.435. The van der Waals surface area contributed by atoms with E-state index in [0.717, 1.165) is 11.1 Å². The van der Waals surface area contributed by atoms with Gasteiger partial charge < -0.3 is 14.2 Å². The second-order valence-electron chi connectivity index (χ2n) is 8.24. The molecule has 0 atom stereocenters. The number of hydrogen-bond acceptors (Lipinski definition) is 6. The first-order chi connectivity index (χ1) is 14.7. The van der Waals surface area contributed by atoms with Crippen LogP contribution in [0, 0.1) is 13.8 Å². The molecule has 31 heavy (non-hydrogen) atoms. The van der Waals surface area contributed by atoms with E-state index in [1.807, 2.05) is 26.0 Å². The molecule has 1 spiro atoms. The maximum absolute atomic E-state index is 13.3. The van der Waals surface area contributed by atoms with Crippen LogP contribution in [-0.4, -0.2) is 51.4 Å². The Morgan fingerprint density at radius 3 is 2.32 bits per heavy atom. The van der Waals surface area contributed by atoms with Crippen molar-refractivity contribution in [3.63, 3.8) is 0 Å². The van der Waals surface area contributed by atoms with Gasteiger partial charge in [-0.25, -0.2) is 8.42 Å². The lowest BCUT2D eigenvalue weighted by Gasteiger charge is -2.43. The molecule has 0 saturated carbocycles. The molecule has 1 fully saturated rings. The standard InChI is InChI=1S/C23H27NO6S/c1-15-11-18-19(25)14-23(30-21(18)12-16(15)2)7-9-24(10-8-23)31(26,27)22-13-17(28-3)5-6-20(22)29-4/h5-6,11-13H,7-10,14H2,1-4H3. The molecule has 166 valence electrons. The zero-order chi connectivity index (χ0) is 22.4. The zero-order valence-corrected chi connectivity index (χ0v) is 19.0. The Labute approximate surface area is 183 Å². The van der Waals surface area contributed by atoms with E-state index in [2.05, 4.69) is 0 Å². The first kappa shape index (κ1) is 21.6. The molecule has 0 bridgehead atoms. The predicted octanol–water partition coefficient (Wildman–Crippen LogP) is 3.51. The van der Waals surface area contributed by atoms with Crippen LogP contribution in [0.25, 0.3) is 0 Å². The van der Waals surface area contributed by atoms with E-state index in [1.54, 1.807) is 12.1 Å². The van der Waals surface area contributed by atoms with Gasteiger partial charge in [-0.3, -0.25) is 4.79 Å². The van der Waals surface area contributed by atoms with Gasteiger partial charge in [-0.2, -0.15) is 4.31 Å². The summed E-state index contributed by atoms with van der Waals surface area (Å²) in [6, 6.07) is 8.51. The van der Waals surface area contributed by atoms with Crippen LogP contribution in [0.4, 0.5) is 0 Å². The van der Waals surface area contributed by atoms with Gasteiger partial charge in [-0.1, -0.05) is 0 Å². The van der Waals surface area contributed by atoms with E-state index in [-0.39, 0.29) is 35.9 Å². The van der Waals surface area contributed by atoms with Crippen molar-refractivity contribution in [3.05, 3.63) is 47.0 Å². The average molecular weight is 446 g/mol.